The van der Waals surface area contributed by atoms with E-state index in [1.54, 1.807) is 0 Å². The number of hydrogen-bond acceptors (Lipinski definition) is 5. The van der Waals surface area contributed by atoms with Gasteiger partial charge in [0.25, 0.3) is 5.69 Å². The molecule has 0 heterocycles. The molecule has 0 saturated heterocycles. The maximum Gasteiger partial charge on any atom is 0.411 e. The monoisotopic (exact) mass is 280 g/mol. The number of benzene rings is 1. The van der Waals surface area contributed by atoms with Crippen molar-refractivity contribution < 1.29 is 27.6 Å². The van der Waals surface area contributed by atoms with Crippen molar-refractivity contribution in [3.8, 4) is 5.75 Å². The zero-order valence-electron chi connectivity index (χ0n) is 9.64. The fraction of sp³-hybridized carbons (Fsp3) is 0.400. The summed E-state index contributed by atoms with van der Waals surface area (Å²) in [5, 5.41) is 10.5. The lowest BCUT2D eigenvalue weighted by molar-refractivity contribution is -0.384. The normalized spacial score (nSPS) is 11.4. The van der Waals surface area contributed by atoms with E-state index in [4.69, 9.17) is 10.5 Å². The van der Waals surface area contributed by atoms with Crippen LogP contribution in [0.25, 0.3) is 0 Å². The summed E-state index contributed by atoms with van der Waals surface area (Å²) >= 11 is 0. The molecule has 19 heavy (non-hydrogen) atoms. The number of alkyl halides is 3. The summed E-state index contributed by atoms with van der Waals surface area (Å²) in [4.78, 5) is 9.92. The van der Waals surface area contributed by atoms with Gasteiger partial charge in [-0.2, -0.15) is 13.2 Å². The first kappa shape index (κ1) is 15.2. The third-order valence-electron chi connectivity index (χ3n) is 2.04. The van der Waals surface area contributed by atoms with Gasteiger partial charge in [0.05, 0.1) is 4.92 Å². The Bertz CT molecular complexity index is 451. The molecule has 0 unspecified atom stereocenters. The number of nitro benzene ring substituents is 1. The fourth-order valence-corrected chi connectivity index (χ4v) is 1.24. The zero-order valence-corrected chi connectivity index (χ0v) is 9.64. The molecule has 106 valence electrons. The largest absolute Gasteiger partial charge is 0.467 e. The highest BCUT2D eigenvalue weighted by Gasteiger charge is 2.27. The average molecular weight is 280 g/mol. The zero-order chi connectivity index (χ0) is 14.5. The molecule has 0 saturated carbocycles. The van der Waals surface area contributed by atoms with Gasteiger partial charge in [-0.15, -0.1) is 0 Å². The van der Waals surface area contributed by atoms with Crippen molar-refractivity contribution >= 4 is 5.69 Å². The molecule has 0 aliphatic heterocycles. The van der Waals surface area contributed by atoms with Gasteiger partial charge in [-0.25, -0.2) is 0 Å². The van der Waals surface area contributed by atoms with E-state index in [0.717, 1.165) is 6.07 Å². The molecular formula is C10H11F3N2O4. The molecule has 0 aliphatic carbocycles. The molecule has 1 rings (SSSR count). The Morgan fingerprint density at radius 3 is 2.58 bits per heavy atom. The number of ether oxygens (including phenoxy) is 2. The van der Waals surface area contributed by atoms with Crippen molar-refractivity contribution in [1.82, 2.24) is 0 Å². The van der Waals surface area contributed by atoms with Gasteiger partial charge < -0.3 is 15.2 Å². The van der Waals surface area contributed by atoms with Crippen LogP contribution in [0.5, 0.6) is 5.75 Å². The molecule has 0 aliphatic rings. The molecule has 0 bridgehead atoms. The van der Waals surface area contributed by atoms with Crippen LogP contribution in [-0.4, -0.2) is 24.5 Å². The topological polar surface area (TPSA) is 87.6 Å². The van der Waals surface area contributed by atoms with Crippen LogP contribution in [0.3, 0.4) is 0 Å². The Morgan fingerprint density at radius 2 is 2.05 bits per heavy atom. The van der Waals surface area contributed by atoms with E-state index in [0.29, 0.717) is 5.56 Å². The third kappa shape index (κ3) is 5.10. The first-order valence-corrected chi connectivity index (χ1v) is 5.08. The van der Waals surface area contributed by atoms with Gasteiger partial charge in [0, 0.05) is 24.2 Å². The van der Waals surface area contributed by atoms with Crippen LogP contribution < -0.4 is 10.5 Å². The van der Waals surface area contributed by atoms with Crippen LogP contribution in [0.1, 0.15) is 5.56 Å². The number of nitro groups is 1. The smallest absolute Gasteiger partial charge is 0.411 e. The number of rotatable bonds is 6. The van der Waals surface area contributed by atoms with Gasteiger partial charge in [0.1, 0.15) is 12.4 Å². The van der Waals surface area contributed by atoms with Crippen molar-refractivity contribution in [3.05, 3.63) is 33.9 Å². The van der Waals surface area contributed by atoms with Crippen molar-refractivity contribution in [2.45, 2.75) is 12.7 Å². The highest BCUT2D eigenvalue weighted by Crippen LogP contribution is 2.24. The van der Waals surface area contributed by atoms with Crippen molar-refractivity contribution in [3.63, 3.8) is 0 Å². The highest BCUT2D eigenvalue weighted by atomic mass is 19.4. The fourth-order valence-electron chi connectivity index (χ4n) is 1.24. The molecule has 0 spiro atoms. The standard InChI is InChI=1S/C10H11F3N2O4/c11-10(12,13)5-18-6-19-9-2-1-8(15(16)17)3-7(9)4-14/h1-3H,4-6,14H2. The Labute approximate surface area is 106 Å². The summed E-state index contributed by atoms with van der Waals surface area (Å²) in [6.45, 7) is -2.10. The van der Waals surface area contributed by atoms with Crippen LogP contribution in [0, 0.1) is 10.1 Å². The summed E-state index contributed by atoms with van der Waals surface area (Å²) in [7, 11) is 0. The van der Waals surface area contributed by atoms with Crippen LogP contribution in [0.2, 0.25) is 0 Å². The first-order valence-electron chi connectivity index (χ1n) is 5.08. The van der Waals surface area contributed by atoms with E-state index in [1.807, 2.05) is 0 Å². The second-order valence-electron chi connectivity index (χ2n) is 3.48. The van der Waals surface area contributed by atoms with Gasteiger partial charge in [0.2, 0.25) is 0 Å². The summed E-state index contributed by atoms with van der Waals surface area (Å²) in [6.07, 6.45) is -4.43. The van der Waals surface area contributed by atoms with Gasteiger partial charge >= 0.3 is 6.18 Å². The van der Waals surface area contributed by atoms with Crippen molar-refractivity contribution in [2.75, 3.05) is 13.4 Å². The summed E-state index contributed by atoms with van der Waals surface area (Å²) in [5.41, 5.74) is 5.50. The number of nitrogens with zero attached hydrogens (tertiary/aromatic N) is 1. The molecule has 0 amide bonds. The Hall–Kier alpha value is -1.87. The van der Waals surface area contributed by atoms with Crippen LogP contribution in [0.4, 0.5) is 18.9 Å². The minimum absolute atomic E-state index is 0.0454. The Balaban J connectivity index is 2.61. The summed E-state index contributed by atoms with van der Waals surface area (Å²) < 4.78 is 44.6. The molecule has 1 aromatic rings. The molecule has 1 aromatic carbocycles. The average Bonchev–Trinajstić information content (AvgIpc) is 2.33. The Morgan fingerprint density at radius 1 is 1.37 bits per heavy atom. The quantitative estimate of drug-likeness (QED) is 0.372. The third-order valence-corrected chi connectivity index (χ3v) is 2.04. The van der Waals surface area contributed by atoms with E-state index in [-0.39, 0.29) is 18.0 Å². The van der Waals surface area contributed by atoms with E-state index in [1.165, 1.54) is 12.1 Å². The number of non-ortho nitro benzene ring substituents is 1. The minimum atomic E-state index is -4.43. The lowest BCUT2D eigenvalue weighted by Crippen LogP contribution is -2.19. The van der Waals surface area contributed by atoms with Crippen molar-refractivity contribution in [2.24, 2.45) is 5.73 Å². The second kappa shape index (κ2) is 6.34. The molecule has 0 aromatic heterocycles. The molecule has 2 N–H and O–H groups in total. The first-order chi connectivity index (χ1) is 8.83. The molecule has 0 fully saturated rings. The van der Waals surface area contributed by atoms with Gasteiger partial charge in [-0.05, 0) is 6.07 Å². The lowest BCUT2D eigenvalue weighted by atomic mass is 10.2. The van der Waals surface area contributed by atoms with Crippen LogP contribution in [-0.2, 0) is 11.3 Å². The maximum atomic E-state index is 11.8. The predicted octanol–water partition coefficient (Wildman–Crippen LogP) is 1.97. The summed E-state index contributed by atoms with van der Waals surface area (Å²) in [6, 6.07) is 3.62. The molecule has 6 nitrogen and oxygen atoms in total. The van der Waals surface area contributed by atoms with E-state index in [9.17, 15) is 23.3 Å². The van der Waals surface area contributed by atoms with Gasteiger partial charge in [-0.3, -0.25) is 10.1 Å². The van der Waals surface area contributed by atoms with Crippen molar-refractivity contribution in [1.29, 1.82) is 0 Å². The van der Waals surface area contributed by atoms with Crippen LogP contribution in [0.15, 0.2) is 18.2 Å². The molecule has 0 atom stereocenters. The Kier molecular flexibility index (Phi) is 5.07. The molecule has 0 radical (unpaired) electrons. The molecular weight excluding hydrogens is 269 g/mol. The lowest BCUT2D eigenvalue weighted by Gasteiger charge is -2.11. The minimum Gasteiger partial charge on any atom is -0.467 e. The maximum absolute atomic E-state index is 11.8. The van der Waals surface area contributed by atoms with Gasteiger partial charge in [-0.1, -0.05) is 0 Å². The van der Waals surface area contributed by atoms with Gasteiger partial charge in [0.15, 0.2) is 6.79 Å². The number of hydrogen-bond donors (Lipinski definition) is 1. The number of nitrogens with two attached hydrogens (primary N) is 1. The van der Waals surface area contributed by atoms with E-state index >= 15 is 0 Å². The van der Waals surface area contributed by atoms with Crippen LogP contribution >= 0.6 is 0 Å². The summed E-state index contributed by atoms with van der Waals surface area (Å²) in [5.74, 6) is 0.148. The molecule has 9 heteroatoms. The van der Waals surface area contributed by atoms with E-state index in [2.05, 4.69) is 4.74 Å². The SMILES string of the molecule is NCc1cc([N+](=O)[O-])ccc1OCOCC(F)(F)F. The predicted molar refractivity (Wildman–Crippen MR) is 58.5 cm³/mol. The number of halogens is 3. The van der Waals surface area contributed by atoms with E-state index < -0.39 is 24.5 Å². The second-order valence-corrected chi connectivity index (χ2v) is 3.48. The highest BCUT2D eigenvalue weighted by molar-refractivity contribution is 5.43.